The van der Waals surface area contributed by atoms with Crippen LogP contribution in [-0.2, 0) is 10.0 Å². The van der Waals surface area contributed by atoms with Crippen LogP contribution in [-0.4, -0.2) is 34.7 Å². The fraction of sp³-hybridized carbons (Fsp3) is 0.192. The molecule has 0 aliphatic rings. The van der Waals surface area contributed by atoms with Gasteiger partial charge in [-0.25, -0.2) is 8.42 Å². The van der Waals surface area contributed by atoms with Crippen LogP contribution >= 0.6 is 0 Å². The SMILES string of the molecule is CNC(=O)c1c(-c2ccc(C)cc2)oc2cc(N(C)S(C)(=O)=O)c(-c3ccc(C)cc3)cc12. The lowest BCUT2D eigenvalue weighted by Crippen LogP contribution is -2.25. The number of furan rings is 1. The maximum absolute atomic E-state index is 12.9. The number of rotatable bonds is 5. The largest absolute Gasteiger partial charge is 0.455 e. The molecule has 0 unspecified atom stereocenters. The number of nitrogens with zero attached hydrogens (tertiary/aromatic N) is 1. The van der Waals surface area contributed by atoms with E-state index in [1.807, 2.05) is 68.4 Å². The molecule has 1 amide bonds. The van der Waals surface area contributed by atoms with Crippen LogP contribution in [0.5, 0.6) is 0 Å². The quantitative estimate of drug-likeness (QED) is 0.445. The summed E-state index contributed by atoms with van der Waals surface area (Å²) in [4.78, 5) is 12.9. The third kappa shape index (κ3) is 4.24. The predicted octanol–water partition coefficient (Wildman–Crippen LogP) is 5.14. The fourth-order valence-electron chi connectivity index (χ4n) is 3.79. The van der Waals surface area contributed by atoms with Gasteiger partial charge in [-0.3, -0.25) is 9.10 Å². The highest BCUT2D eigenvalue weighted by molar-refractivity contribution is 7.92. The number of fused-ring (bicyclic) bond motifs is 1. The maximum Gasteiger partial charge on any atom is 0.255 e. The Hall–Kier alpha value is -3.58. The van der Waals surface area contributed by atoms with Crippen molar-refractivity contribution in [2.24, 2.45) is 0 Å². The van der Waals surface area contributed by atoms with Crippen molar-refractivity contribution < 1.29 is 17.6 Å². The van der Waals surface area contributed by atoms with Crippen LogP contribution in [0.4, 0.5) is 5.69 Å². The lowest BCUT2D eigenvalue weighted by atomic mass is 9.98. The van der Waals surface area contributed by atoms with Crippen molar-refractivity contribution in [3.8, 4) is 22.5 Å². The molecular weight excluding hydrogens is 436 g/mol. The smallest absolute Gasteiger partial charge is 0.255 e. The van der Waals surface area contributed by atoms with E-state index < -0.39 is 10.0 Å². The van der Waals surface area contributed by atoms with E-state index >= 15 is 0 Å². The first-order valence-electron chi connectivity index (χ1n) is 10.5. The Bertz CT molecular complexity index is 1450. The molecule has 1 heterocycles. The van der Waals surface area contributed by atoms with Crippen LogP contribution in [0, 0.1) is 13.8 Å². The van der Waals surface area contributed by atoms with E-state index in [1.54, 1.807) is 13.1 Å². The summed E-state index contributed by atoms with van der Waals surface area (Å²) in [7, 11) is -0.444. The van der Waals surface area contributed by atoms with Crippen molar-refractivity contribution in [3.05, 3.63) is 77.4 Å². The summed E-state index contributed by atoms with van der Waals surface area (Å²) in [6.07, 6.45) is 1.16. The van der Waals surface area contributed by atoms with Crippen molar-refractivity contribution in [1.29, 1.82) is 0 Å². The van der Waals surface area contributed by atoms with Crippen molar-refractivity contribution in [1.82, 2.24) is 5.32 Å². The van der Waals surface area contributed by atoms with Gasteiger partial charge < -0.3 is 9.73 Å². The molecule has 0 spiro atoms. The standard InChI is InChI=1S/C26H26N2O4S/c1-16-6-10-18(11-7-16)20-14-21-23(15-22(20)28(4)33(5,30)31)32-25(24(21)26(29)27-3)19-12-8-17(2)9-13-19/h6-15H,1-5H3,(H,27,29). The topological polar surface area (TPSA) is 79.6 Å². The van der Waals surface area contributed by atoms with Crippen molar-refractivity contribution in [2.45, 2.75) is 13.8 Å². The van der Waals surface area contributed by atoms with Crippen LogP contribution in [0.3, 0.4) is 0 Å². The van der Waals surface area contributed by atoms with Crippen LogP contribution in [0.15, 0.2) is 65.1 Å². The number of carbonyl (C=O) groups excluding carboxylic acids is 1. The van der Waals surface area contributed by atoms with Crippen LogP contribution in [0.1, 0.15) is 21.5 Å². The van der Waals surface area contributed by atoms with Crippen LogP contribution in [0.25, 0.3) is 33.4 Å². The molecule has 0 aliphatic heterocycles. The van der Waals surface area contributed by atoms with E-state index in [0.29, 0.717) is 33.5 Å². The zero-order valence-corrected chi connectivity index (χ0v) is 20.1. The zero-order valence-electron chi connectivity index (χ0n) is 19.3. The Labute approximate surface area is 193 Å². The molecular formula is C26H26N2O4S. The maximum atomic E-state index is 12.9. The summed E-state index contributed by atoms with van der Waals surface area (Å²) in [5.41, 5.74) is 5.81. The number of hydrogen-bond acceptors (Lipinski definition) is 4. The molecule has 6 nitrogen and oxygen atoms in total. The zero-order chi connectivity index (χ0) is 23.9. The van der Waals surface area contributed by atoms with Gasteiger partial charge in [-0.2, -0.15) is 0 Å². The van der Waals surface area contributed by atoms with Gasteiger partial charge in [0.25, 0.3) is 5.91 Å². The molecule has 3 aromatic carbocycles. The van der Waals surface area contributed by atoms with Gasteiger partial charge in [-0.1, -0.05) is 59.7 Å². The van der Waals surface area contributed by atoms with E-state index in [4.69, 9.17) is 4.42 Å². The van der Waals surface area contributed by atoms with Gasteiger partial charge in [0.2, 0.25) is 10.0 Å². The molecule has 0 saturated carbocycles. The van der Waals surface area contributed by atoms with Gasteiger partial charge in [0.05, 0.1) is 17.5 Å². The molecule has 4 rings (SSSR count). The van der Waals surface area contributed by atoms with Gasteiger partial charge in [0, 0.05) is 36.7 Å². The summed E-state index contributed by atoms with van der Waals surface area (Å²) in [6.45, 7) is 3.98. The first kappa shape index (κ1) is 22.6. The number of anilines is 1. The Morgan fingerprint density at radius 3 is 1.97 bits per heavy atom. The number of nitrogens with one attached hydrogen (secondary N) is 1. The van der Waals surface area contributed by atoms with E-state index in [9.17, 15) is 13.2 Å². The predicted molar refractivity (Wildman–Crippen MR) is 133 cm³/mol. The van der Waals surface area contributed by atoms with E-state index in [2.05, 4.69) is 5.32 Å². The molecule has 1 N–H and O–H groups in total. The second-order valence-electron chi connectivity index (χ2n) is 8.21. The molecule has 0 atom stereocenters. The van der Waals surface area contributed by atoms with E-state index in [0.717, 1.165) is 28.5 Å². The Balaban J connectivity index is 2.07. The first-order chi connectivity index (χ1) is 15.6. The summed E-state index contributed by atoms with van der Waals surface area (Å²) in [5.74, 6) is 0.168. The van der Waals surface area contributed by atoms with Crippen molar-refractivity contribution in [2.75, 3.05) is 24.7 Å². The van der Waals surface area contributed by atoms with Gasteiger partial charge in [0.1, 0.15) is 11.3 Å². The van der Waals surface area contributed by atoms with Gasteiger partial charge >= 0.3 is 0 Å². The summed E-state index contributed by atoms with van der Waals surface area (Å²) >= 11 is 0. The Kier molecular flexibility index (Phi) is 5.76. The molecule has 0 aliphatic carbocycles. The lowest BCUT2D eigenvalue weighted by molar-refractivity contribution is 0.0964. The first-order valence-corrected chi connectivity index (χ1v) is 12.4. The molecule has 0 bridgehead atoms. The number of amides is 1. The number of sulfonamides is 1. The summed E-state index contributed by atoms with van der Waals surface area (Å²) < 4.78 is 32.2. The molecule has 170 valence electrons. The van der Waals surface area contributed by atoms with Gasteiger partial charge in [-0.15, -0.1) is 0 Å². The van der Waals surface area contributed by atoms with Crippen LogP contribution < -0.4 is 9.62 Å². The Morgan fingerprint density at radius 2 is 1.45 bits per heavy atom. The average molecular weight is 463 g/mol. The number of hydrogen-bond donors (Lipinski definition) is 1. The van der Waals surface area contributed by atoms with Gasteiger partial charge in [0.15, 0.2) is 0 Å². The normalized spacial score (nSPS) is 11.5. The van der Waals surface area contributed by atoms with Crippen molar-refractivity contribution >= 4 is 32.6 Å². The lowest BCUT2D eigenvalue weighted by Gasteiger charge is -2.20. The monoisotopic (exact) mass is 462 g/mol. The van der Waals surface area contributed by atoms with E-state index in [1.165, 1.54) is 11.4 Å². The molecule has 1 aromatic heterocycles. The molecule has 4 aromatic rings. The summed E-state index contributed by atoms with van der Waals surface area (Å²) in [5, 5.41) is 3.32. The highest BCUT2D eigenvalue weighted by atomic mass is 32.2. The minimum atomic E-state index is -3.53. The minimum absolute atomic E-state index is 0.275. The minimum Gasteiger partial charge on any atom is -0.455 e. The third-order valence-electron chi connectivity index (χ3n) is 5.77. The molecule has 0 fully saturated rings. The Morgan fingerprint density at radius 1 is 0.909 bits per heavy atom. The number of aryl methyl sites for hydroxylation is 2. The highest BCUT2D eigenvalue weighted by Gasteiger charge is 2.25. The fourth-order valence-corrected chi connectivity index (χ4v) is 4.30. The second kappa shape index (κ2) is 8.41. The molecule has 7 heteroatoms. The van der Waals surface area contributed by atoms with Gasteiger partial charge in [-0.05, 0) is 25.5 Å². The van der Waals surface area contributed by atoms with Crippen LogP contribution in [0.2, 0.25) is 0 Å². The van der Waals surface area contributed by atoms with E-state index in [-0.39, 0.29) is 5.91 Å². The summed E-state index contributed by atoms with van der Waals surface area (Å²) in [6, 6.07) is 19.1. The number of benzene rings is 3. The third-order valence-corrected chi connectivity index (χ3v) is 6.97. The number of carbonyl (C=O) groups is 1. The van der Waals surface area contributed by atoms with Crippen molar-refractivity contribution in [3.63, 3.8) is 0 Å². The molecule has 0 saturated heterocycles. The molecule has 33 heavy (non-hydrogen) atoms. The molecule has 0 radical (unpaired) electrons. The highest BCUT2D eigenvalue weighted by Crippen LogP contribution is 2.41. The average Bonchev–Trinajstić information content (AvgIpc) is 3.16. The second-order valence-corrected chi connectivity index (χ2v) is 10.2.